The van der Waals surface area contributed by atoms with Gasteiger partial charge in [-0.05, 0) is 25.0 Å². The fourth-order valence-corrected chi connectivity index (χ4v) is 2.72. The van der Waals surface area contributed by atoms with Crippen molar-refractivity contribution in [2.24, 2.45) is 11.7 Å². The van der Waals surface area contributed by atoms with Gasteiger partial charge in [0, 0.05) is 24.9 Å². The van der Waals surface area contributed by atoms with E-state index >= 15 is 0 Å². The van der Waals surface area contributed by atoms with E-state index < -0.39 is 0 Å². The van der Waals surface area contributed by atoms with Crippen LogP contribution in [-0.4, -0.2) is 38.8 Å². The van der Waals surface area contributed by atoms with Crippen LogP contribution in [0.15, 0.2) is 12.1 Å². The Balaban J connectivity index is 1.84. The molecule has 1 fully saturated rings. The first kappa shape index (κ1) is 13.8. The second-order valence-corrected chi connectivity index (χ2v) is 5.84. The average molecular weight is 288 g/mol. The third-order valence-electron chi connectivity index (χ3n) is 4.01. The van der Waals surface area contributed by atoms with Crippen LogP contribution in [0.5, 0.6) is 0 Å². The molecule has 2 aromatic rings. The van der Waals surface area contributed by atoms with Crippen molar-refractivity contribution in [1.29, 1.82) is 0 Å². The molecule has 7 heteroatoms. The van der Waals surface area contributed by atoms with Gasteiger partial charge in [0.2, 0.25) is 5.91 Å². The van der Waals surface area contributed by atoms with Gasteiger partial charge in [-0.15, -0.1) is 15.3 Å². The van der Waals surface area contributed by atoms with Gasteiger partial charge in [-0.1, -0.05) is 13.8 Å². The predicted octanol–water partition coefficient (Wildman–Crippen LogP) is 0.949. The highest BCUT2D eigenvalue weighted by Gasteiger charge is 2.24. The molecule has 0 atom stereocenters. The molecule has 2 N–H and O–H groups in total. The van der Waals surface area contributed by atoms with Crippen LogP contribution < -0.4 is 10.6 Å². The summed E-state index contributed by atoms with van der Waals surface area (Å²) in [5, 5.41) is 13.0. The highest BCUT2D eigenvalue weighted by Crippen LogP contribution is 2.22. The number of hydrogen-bond donors (Lipinski definition) is 1. The number of piperidine rings is 1. The van der Waals surface area contributed by atoms with Crippen molar-refractivity contribution < 1.29 is 4.79 Å². The van der Waals surface area contributed by atoms with Gasteiger partial charge in [-0.25, -0.2) is 0 Å². The first-order chi connectivity index (χ1) is 10.1. The van der Waals surface area contributed by atoms with E-state index in [1.165, 1.54) is 0 Å². The Labute approximate surface area is 123 Å². The molecule has 0 radical (unpaired) electrons. The van der Waals surface area contributed by atoms with Crippen molar-refractivity contribution >= 4 is 17.4 Å². The van der Waals surface area contributed by atoms with Crippen LogP contribution in [0.3, 0.4) is 0 Å². The Morgan fingerprint density at radius 2 is 2.00 bits per heavy atom. The number of hydrogen-bond acceptors (Lipinski definition) is 5. The monoisotopic (exact) mass is 288 g/mol. The molecule has 3 rings (SSSR count). The summed E-state index contributed by atoms with van der Waals surface area (Å²) in [6.45, 7) is 5.74. The number of carbonyl (C=O) groups excluding carboxylic acids is 1. The summed E-state index contributed by atoms with van der Waals surface area (Å²) in [6, 6.07) is 3.89. The minimum atomic E-state index is -0.195. The Morgan fingerprint density at radius 3 is 2.62 bits per heavy atom. The van der Waals surface area contributed by atoms with Crippen molar-refractivity contribution in [3.05, 3.63) is 18.0 Å². The van der Waals surface area contributed by atoms with Crippen molar-refractivity contribution in [2.45, 2.75) is 32.6 Å². The average Bonchev–Trinajstić information content (AvgIpc) is 2.90. The minimum absolute atomic E-state index is 0.00822. The van der Waals surface area contributed by atoms with Gasteiger partial charge >= 0.3 is 0 Å². The maximum Gasteiger partial charge on any atom is 0.220 e. The zero-order chi connectivity index (χ0) is 15.0. The first-order valence-corrected chi connectivity index (χ1v) is 7.33. The Morgan fingerprint density at radius 1 is 1.29 bits per heavy atom. The number of nitrogens with zero attached hydrogens (tertiary/aromatic N) is 5. The van der Waals surface area contributed by atoms with E-state index in [2.05, 4.69) is 34.0 Å². The van der Waals surface area contributed by atoms with Gasteiger partial charge in [-0.3, -0.25) is 4.79 Å². The number of fused-ring (bicyclic) bond motifs is 1. The summed E-state index contributed by atoms with van der Waals surface area (Å²) in [5.74, 6) is 1.82. The molecule has 0 saturated carbocycles. The second kappa shape index (κ2) is 5.31. The van der Waals surface area contributed by atoms with E-state index in [1.54, 1.807) is 4.52 Å². The van der Waals surface area contributed by atoms with Crippen molar-refractivity contribution in [2.75, 3.05) is 18.0 Å². The Kier molecular flexibility index (Phi) is 3.48. The molecule has 1 aliphatic heterocycles. The quantitative estimate of drug-likeness (QED) is 0.908. The molecule has 0 unspecified atom stereocenters. The van der Waals surface area contributed by atoms with Gasteiger partial charge in [0.05, 0.1) is 0 Å². The molecular formula is C14H20N6O. The molecule has 7 nitrogen and oxygen atoms in total. The first-order valence-electron chi connectivity index (χ1n) is 7.33. The number of amides is 1. The number of anilines is 1. The van der Waals surface area contributed by atoms with Crippen LogP contribution in [0.4, 0.5) is 5.82 Å². The fraction of sp³-hybridized carbons (Fsp3) is 0.571. The van der Waals surface area contributed by atoms with E-state index in [-0.39, 0.29) is 17.7 Å². The largest absolute Gasteiger partial charge is 0.369 e. The summed E-state index contributed by atoms with van der Waals surface area (Å²) in [7, 11) is 0. The van der Waals surface area contributed by atoms with Gasteiger partial charge in [-0.2, -0.15) is 4.52 Å². The molecule has 0 aromatic carbocycles. The van der Waals surface area contributed by atoms with Crippen LogP contribution in [0.1, 0.15) is 38.4 Å². The summed E-state index contributed by atoms with van der Waals surface area (Å²) in [4.78, 5) is 13.4. The molecule has 0 bridgehead atoms. The highest BCUT2D eigenvalue weighted by atomic mass is 16.1. The maximum atomic E-state index is 11.2. The van der Waals surface area contributed by atoms with Crippen LogP contribution >= 0.6 is 0 Å². The standard InChI is InChI=1S/C14H20N6O/c1-9(2)14-17-16-11-3-4-12(18-20(11)14)19-7-5-10(6-8-19)13(15)21/h3-4,9-10H,5-8H2,1-2H3,(H2,15,21). The molecule has 2 aromatic heterocycles. The Hall–Kier alpha value is -2.18. The highest BCUT2D eigenvalue weighted by molar-refractivity contribution is 5.77. The minimum Gasteiger partial charge on any atom is -0.369 e. The van der Waals surface area contributed by atoms with Crippen molar-refractivity contribution in [1.82, 2.24) is 19.8 Å². The van der Waals surface area contributed by atoms with Crippen LogP contribution in [0, 0.1) is 5.92 Å². The number of aromatic nitrogens is 4. The molecule has 112 valence electrons. The van der Waals surface area contributed by atoms with Crippen molar-refractivity contribution in [3.8, 4) is 0 Å². The Bertz CT molecular complexity index is 657. The molecule has 21 heavy (non-hydrogen) atoms. The van der Waals surface area contributed by atoms with Gasteiger partial charge in [0.15, 0.2) is 11.5 Å². The third kappa shape index (κ3) is 2.55. The van der Waals surface area contributed by atoms with Gasteiger partial charge in [0.25, 0.3) is 0 Å². The lowest BCUT2D eigenvalue weighted by Crippen LogP contribution is -2.39. The summed E-state index contributed by atoms with van der Waals surface area (Å²) < 4.78 is 1.81. The molecule has 1 saturated heterocycles. The molecule has 0 aliphatic carbocycles. The SMILES string of the molecule is CC(C)c1nnc2ccc(N3CCC(C(N)=O)CC3)nn12. The van der Waals surface area contributed by atoms with Gasteiger partial charge in [0.1, 0.15) is 5.82 Å². The van der Waals surface area contributed by atoms with Crippen LogP contribution in [0.25, 0.3) is 5.65 Å². The van der Waals surface area contributed by atoms with E-state index in [1.807, 2.05) is 12.1 Å². The topological polar surface area (TPSA) is 89.4 Å². The summed E-state index contributed by atoms with van der Waals surface area (Å²) in [6.07, 6.45) is 1.57. The van der Waals surface area contributed by atoms with E-state index in [9.17, 15) is 4.79 Å². The van der Waals surface area contributed by atoms with Gasteiger partial charge < -0.3 is 10.6 Å². The predicted molar refractivity (Wildman–Crippen MR) is 79.0 cm³/mol. The second-order valence-electron chi connectivity index (χ2n) is 5.84. The lowest BCUT2D eigenvalue weighted by atomic mass is 9.96. The zero-order valence-electron chi connectivity index (χ0n) is 12.4. The summed E-state index contributed by atoms with van der Waals surface area (Å²) in [5.41, 5.74) is 6.13. The number of carbonyl (C=O) groups is 1. The molecule has 0 spiro atoms. The van der Waals surface area contributed by atoms with Crippen LogP contribution in [-0.2, 0) is 4.79 Å². The molecule has 3 heterocycles. The lowest BCUT2D eigenvalue weighted by Gasteiger charge is -2.31. The zero-order valence-corrected chi connectivity index (χ0v) is 12.4. The third-order valence-corrected chi connectivity index (χ3v) is 4.01. The normalized spacial score (nSPS) is 16.8. The molecule has 1 aliphatic rings. The lowest BCUT2D eigenvalue weighted by molar-refractivity contribution is -0.122. The molecular weight excluding hydrogens is 268 g/mol. The maximum absolute atomic E-state index is 11.2. The van der Waals surface area contributed by atoms with E-state index in [0.717, 1.165) is 43.2 Å². The smallest absolute Gasteiger partial charge is 0.220 e. The van der Waals surface area contributed by atoms with E-state index in [4.69, 9.17) is 5.73 Å². The van der Waals surface area contributed by atoms with Crippen molar-refractivity contribution in [3.63, 3.8) is 0 Å². The summed E-state index contributed by atoms with van der Waals surface area (Å²) >= 11 is 0. The fourth-order valence-electron chi connectivity index (χ4n) is 2.72. The number of nitrogens with two attached hydrogens (primary N) is 1. The van der Waals surface area contributed by atoms with E-state index in [0.29, 0.717) is 0 Å². The number of primary amides is 1. The number of rotatable bonds is 3. The van der Waals surface area contributed by atoms with Crippen LogP contribution in [0.2, 0.25) is 0 Å². The molecule has 1 amide bonds.